The molecule has 1 aliphatic heterocycles. The van der Waals surface area contributed by atoms with Crippen LogP contribution in [-0.2, 0) is 4.74 Å². The van der Waals surface area contributed by atoms with Gasteiger partial charge in [0, 0.05) is 6.54 Å². The second-order valence-electron chi connectivity index (χ2n) is 4.80. The number of hydrogen-bond acceptors (Lipinski definition) is 4. The Kier molecular flexibility index (Phi) is 4.36. The van der Waals surface area contributed by atoms with Crippen LogP contribution in [0, 0.1) is 0 Å². The third-order valence-electron chi connectivity index (χ3n) is 3.36. The number of benzene rings is 1. The molecule has 2 unspecified atom stereocenters. The summed E-state index contributed by atoms with van der Waals surface area (Å²) in [6, 6.07) is 5.96. The Morgan fingerprint density at radius 1 is 1.35 bits per heavy atom. The average molecular weight is 279 g/mol. The van der Waals surface area contributed by atoms with Crippen molar-refractivity contribution in [2.45, 2.75) is 19.1 Å². The van der Waals surface area contributed by atoms with Gasteiger partial charge in [0.05, 0.1) is 36.5 Å². The van der Waals surface area contributed by atoms with Crippen LogP contribution in [-0.4, -0.2) is 58.9 Å². The number of carbonyl (C=O) groups is 2. The Morgan fingerprint density at radius 2 is 2.00 bits per heavy atom. The fraction of sp³-hybridized carbons (Fsp3) is 0.429. The van der Waals surface area contributed by atoms with E-state index in [1.807, 2.05) is 6.92 Å². The van der Waals surface area contributed by atoms with E-state index in [0.717, 1.165) is 0 Å². The van der Waals surface area contributed by atoms with Gasteiger partial charge in [0.15, 0.2) is 0 Å². The summed E-state index contributed by atoms with van der Waals surface area (Å²) in [6.45, 7) is 2.24. The van der Waals surface area contributed by atoms with E-state index in [1.54, 1.807) is 17.0 Å². The van der Waals surface area contributed by atoms with Crippen molar-refractivity contribution in [3.63, 3.8) is 0 Å². The van der Waals surface area contributed by atoms with Crippen LogP contribution in [0.2, 0.25) is 0 Å². The zero-order valence-corrected chi connectivity index (χ0v) is 11.2. The van der Waals surface area contributed by atoms with Gasteiger partial charge in [-0.15, -0.1) is 0 Å². The molecule has 1 aliphatic rings. The predicted molar refractivity (Wildman–Crippen MR) is 70.7 cm³/mol. The molecule has 2 N–H and O–H groups in total. The first-order chi connectivity index (χ1) is 9.54. The summed E-state index contributed by atoms with van der Waals surface area (Å²) >= 11 is 0. The van der Waals surface area contributed by atoms with Crippen molar-refractivity contribution in [1.29, 1.82) is 0 Å². The van der Waals surface area contributed by atoms with Crippen molar-refractivity contribution in [2.75, 3.05) is 19.8 Å². The molecule has 1 aromatic rings. The summed E-state index contributed by atoms with van der Waals surface area (Å²) in [6.07, 6.45) is -0.424. The average Bonchev–Trinajstić information content (AvgIpc) is 2.47. The van der Waals surface area contributed by atoms with Gasteiger partial charge in [0.25, 0.3) is 5.91 Å². The van der Waals surface area contributed by atoms with Gasteiger partial charge < -0.3 is 19.8 Å². The summed E-state index contributed by atoms with van der Waals surface area (Å²) < 4.78 is 5.37. The lowest BCUT2D eigenvalue weighted by molar-refractivity contribution is -0.0667. The van der Waals surface area contributed by atoms with E-state index >= 15 is 0 Å². The number of aromatic carboxylic acids is 1. The van der Waals surface area contributed by atoms with E-state index in [0.29, 0.717) is 6.61 Å². The molecule has 1 aromatic carbocycles. The van der Waals surface area contributed by atoms with Crippen molar-refractivity contribution in [1.82, 2.24) is 4.90 Å². The highest BCUT2D eigenvalue weighted by atomic mass is 16.5. The van der Waals surface area contributed by atoms with Crippen LogP contribution in [0.4, 0.5) is 0 Å². The maximum atomic E-state index is 12.5. The molecule has 1 amide bonds. The molecule has 1 saturated heterocycles. The van der Waals surface area contributed by atoms with Crippen LogP contribution in [0.15, 0.2) is 24.3 Å². The van der Waals surface area contributed by atoms with Crippen molar-refractivity contribution >= 4 is 11.9 Å². The Balaban J connectivity index is 2.28. The van der Waals surface area contributed by atoms with Gasteiger partial charge in [-0.05, 0) is 19.1 Å². The molecule has 0 radical (unpaired) electrons. The summed E-state index contributed by atoms with van der Waals surface area (Å²) in [5, 5.41) is 18.3. The molecular weight excluding hydrogens is 262 g/mol. The smallest absolute Gasteiger partial charge is 0.336 e. The monoisotopic (exact) mass is 279 g/mol. The van der Waals surface area contributed by atoms with Crippen molar-refractivity contribution < 1.29 is 24.5 Å². The zero-order valence-electron chi connectivity index (χ0n) is 11.2. The van der Waals surface area contributed by atoms with Crippen LogP contribution >= 0.6 is 0 Å². The van der Waals surface area contributed by atoms with Crippen LogP contribution < -0.4 is 0 Å². The largest absolute Gasteiger partial charge is 0.478 e. The number of morpholine rings is 1. The number of ether oxygens (including phenoxy) is 1. The van der Waals surface area contributed by atoms with Gasteiger partial charge >= 0.3 is 5.97 Å². The standard InChI is InChI=1S/C14H17NO5/c1-9-8-20-10(7-16)6-15(9)13(17)11-4-2-3-5-12(11)14(18)19/h2-5,9-10,16H,6-8H2,1H3,(H,18,19). The van der Waals surface area contributed by atoms with Crippen LogP contribution in [0.25, 0.3) is 0 Å². The second kappa shape index (κ2) is 6.02. The molecule has 0 aromatic heterocycles. The minimum atomic E-state index is -1.13. The normalized spacial score (nSPS) is 22.6. The molecular formula is C14H17NO5. The maximum Gasteiger partial charge on any atom is 0.336 e. The van der Waals surface area contributed by atoms with Crippen LogP contribution in [0.3, 0.4) is 0 Å². The molecule has 20 heavy (non-hydrogen) atoms. The number of rotatable bonds is 3. The molecule has 1 heterocycles. The lowest BCUT2D eigenvalue weighted by atomic mass is 10.0. The fourth-order valence-corrected chi connectivity index (χ4v) is 2.22. The van der Waals surface area contributed by atoms with Gasteiger partial charge in [-0.1, -0.05) is 12.1 Å². The van der Waals surface area contributed by atoms with Gasteiger partial charge in [-0.2, -0.15) is 0 Å². The lowest BCUT2D eigenvalue weighted by Gasteiger charge is -2.37. The van der Waals surface area contributed by atoms with Gasteiger partial charge in [0.1, 0.15) is 0 Å². The molecule has 0 saturated carbocycles. The van der Waals surface area contributed by atoms with Crippen molar-refractivity contribution in [3.8, 4) is 0 Å². The molecule has 0 spiro atoms. The third kappa shape index (κ3) is 2.81. The minimum absolute atomic E-state index is 0.0169. The van der Waals surface area contributed by atoms with Crippen molar-refractivity contribution in [3.05, 3.63) is 35.4 Å². The zero-order chi connectivity index (χ0) is 14.7. The molecule has 0 bridgehead atoms. The number of nitrogens with zero attached hydrogens (tertiary/aromatic N) is 1. The number of amides is 1. The summed E-state index contributed by atoms with van der Waals surface area (Å²) in [7, 11) is 0. The lowest BCUT2D eigenvalue weighted by Crippen LogP contribution is -2.52. The molecule has 2 atom stereocenters. The minimum Gasteiger partial charge on any atom is -0.478 e. The summed E-state index contributed by atoms with van der Waals surface area (Å²) in [5.74, 6) is -1.48. The van der Waals surface area contributed by atoms with Gasteiger partial charge in [-0.25, -0.2) is 4.79 Å². The van der Waals surface area contributed by atoms with E-state index in [2.05, 4.69) is 0 Å². The first-order valence-electron chi connectivity index (χ1n) is 6.40. The van der Waals surface area contributed by atoms with E-state index in [-0.39, 0.29) is 36.2 Å². The molecule has 6 heteroatoms. The Bertz CT molecular complexity index is 516. The van der Waals surface area contributed by atoms with Crippen LogP contribution in [0.5, 0.6) is 0 Å². The number of carbonyl (C=O) groups excluding carboxylic acids is 1. The highest BCUT2D eigenvalue weighted by Crippen LogP contribution is 2.18. The Labute approximate surface area is 116 Å². The Hall–Kier alpha value is -1.92. The molecule has 2 rings (SSSR count). The molecule has 6 nitrogen and oxygen atoms in total. The number of carboxylic acid groups (broad SMARTS) is 1. The van der Waals surface area contributed by atoms with E-state index in [9.17, 15) is 9.59 Å². The van der Waals surface area contributed by atoms with Crippen molar-refractivity contribution in [2.24, 2.45) is 0 Å². The Morgan fingerprint density at radius 3 is 2.60 bits per heavy atom. The van der Waals surface area contributed by atoms with Crippen LogP contribution in [0.1, 0.15) is 27.6 Å². The van der Waals surface area contributed by atoms with E-state index < -0.39 is 12.1 Å². The third-order valence-corrected chi connectivity index (χ3v) is 3.36. The van der Waals surface area contributed by atoms with E-state index in [4.69, 9.17) is 14.9 Å². The van der Waals surface area contributed by atoms with Gasteiger partial charge in [0.2, 0.25) is 0 Å². The van der Waals surface area contributed by atoms with E-state index in [1.165, 1.54) is 12.1 Å². The summed E-state index contributed by atoms with van der Waals surface area (Å²) in [4.78, 5) is 25.2. The molecule has 0 aliphatic carbocycles. The first kappa shape index (κ1) is 14.5. The molecule has 1 fully saturated rings. The maximum absolute atomic E-state index is 12.5. The summed E-state index contributed by atoms with van der Waals surface area (Å²) in [5.41, 5.74) is 0.141. The quantitative estimate of drug-likeness (QED) is 0.846. The number of carboxylic acids is 1. The highest BCUT2D eigenvalue weighted by molar-refractivity contribution is 6.04. The van der Waals surface area contributed by atoms with Gasteiger partial charge in [-0.3, -0.25) is 4.79 Å². The first-order valence-corrected chi connectivity index (χ1v) is 6.40. The molecule has 108 valence electrons. The topological polar surface area (TPSA) is 87.1 Å². The predicted octanol–water partition coefficient (Wildman–Crippen LogP) is 0.607. The number of aliphatic hydroxyl groups excluding tert-OH is 1. The highest BCUT2D eigenvalue weighted by Gasteiger charge is 2.31. The number of aliphatic hydroxyl groups is 1. The second-order valence-corrected chi connectivity index (χ2v) is 4.80. The SMILES string of the molecule is CC1COC(CO)CN1C(=O)c1ccccc1C(=O)O. The fourth-order valence-electron chi connectivity index (χ4n) is 2.22. The number of hydrogen-bond donors (Lipinski definition) is 2.